The second-order valence-electron chi connectivity index (χ2n) is 6.23. The number of nitrogens with one attached hydrogen (secondary N) is 1. The number of carbonyl (C=O) groups is 3. The summed E-state index contributed by atoms with van der Waals surface area (Å²) in [6, 6.07) is 8.36. The van der Waals surface area contributed by atoms with Crippen LogP contribution in [0.25, 0.3) is 0 Å². The van der Waals surface area contributed by atoms with Gasteiger partial charge in [-0.25, -0.2) is 4.79 Å². The van der Waals surface area contributed by atoms with Gasteiger partial charge in [0.1, 0.15) is 0 Å². The third-order valence-electron chi connectivity index (χ3n) is 3.98. The third kappa shape index (κ3) is 5.37. The van der Waals surface area contributed by atoms with Crippen LogP contribution in [-0.2, 0) is 14.3 Å². The van der Waals surface area contributed by atoms with Gasteiger partial charge in [-0.1, -0.05) is 64.4 Å². The van der Waals surface area contributed by atoms with Gasteiger partial charge in [-0.3, -0.25) is 14.9 Å². The lowest BCUT2D eigenvalue weighted by atomic mass is 9.85. The van der Waals surface area contributed by atoms with Crippen LogP contribution in [0.1, 0.15) is 45.6 Å². The maximum Gasteiger partial charge on any atom is 0.318 e. The zero-order chi connectivity index (χ0) is 18.3. The van der Waals surface area contributed by atoms with Gasteiger partial charge in [0.25, 0.3) is 5.91 Å². The fourth-order valence-electron chi connectivity index (χ4n) is 2.48. The molecule has 0 aliphatic rings. The number of hydrogen-bond acceptors (Lipinski definition) is 4. The van der Waals surface area contributed by atoms with Crippen molar-refractivity contribution in [2.24, 2.45) is 17.6 Å². The fourth-order valence-corrected chi connectivity index (χ4v) is 2.48. The van der Waals surface area contributed by atoms with E-state index in [0.29, 0.717) is 0 Å². The number of nitrogens with two attached hydrogens (primary N) is 1. The number of primary amides is 1. The van der Waals surface area contributed by atoms with Crippen molar-refractivity contribution < 1.29 is 19.1 Å². The molecule has 0 saturated heterocycles. The van der Waals surface area contributed by atoms with Gasteiger partial charge in [0.05, 0.1) is 5.92 Å². The monoisotopic (exact) mass is 334 g/mol. The molecule has 0 fully saturated rings. The molecule has 3 N–H and O–H groups in total. The Morgan fingerprint density at radius 3 is 2.17 bits per heavy atom. The maximum absolute atomic E-state index is 12.7. The van der Waals surface area contributed by atoms with Crippen molar-refractivity contribution in [3.05, 3.63) is 35.9 Å². The molecule has 0 saturated carbocycles. The minimum Gasteiger partial charge on any atom is -0.451 e. The minimum atomic E-state index is -1.07. The van der Waals surface area contributed by atoms with Gasteiger partial charge in [0.2, 0.25) is 0 Å². The summed E-state index contributed by atoms with van der Waals surface area (Å²) in [5.74, 6) is -1.90. The maximum atomic E-state index is 12.7. The molecule has 3 amide bonds. The number of esters is 1. The SMILES string of the molecule is CC[C@@H](C)[C@@H](C(=O)O[C@H](C(=O)NC(N)=O)C(C)C)c1ccccc1. The Morgan fingerprint density at radius 1 is 1.12 bits per heavy atom. The minimum absolute atomic E-state index is 0.0481. The first-order chi connectivity index (χ1) is 11.3. The van der Waals surface area contributed by atoms with Crippen molar-refractivity contribution in [1.82, 2.24) is 5.32 Å². The van der Waals surface area contributed by atoms with Crippen LogP contribution >= 0.6 is 0 Å². The van der Waals surface area contributed by atoms with Crippen LogP contribution in [0.15, 0.2) is 30.3 Å². The van der Waals surface area contributed by atoms with Gasteiger partial charge in [0.15, 0.2) is 6.10 Å². The Morgan fingerprint density at radius 2 is 1.71 bits per heavy atom. The van der Waals surface area contributed by atoms with Gasteiger partial charge in [-0.15, -0.1) is 0 Å². The van der Waals surface area contributed by atoms with Crippen LogP contribution in [-0.4, -0.2) is 24.0 Å². The Hall–Kier alpha value is -2.37. The van der Waals surface area contributed by atoms with E-state index in [4.69, 9.17) is 10.5 Å². The molecule has 0 spiro atoms. The largest absolute Gasteiger partial charge is 0.451 e. The lowest BCUT2D eigenvalue weighted by Gasteiger charge is -2.26. The van der Waals surface area contributed by atoms with E-state index >= 15 is 0 Å². The first-order valence-electron chi connectivity index (χ1n) is 8.13. The molecule has 0 heterocycles. The molecular formula is C18H26N2O4. The molecule has 3 atom stereocenters. The predicted molar refractivity (Wildman–Crippen MR) is 91.1 cm³/mol. The number of rotatable bonds is 7. The smallest absolute Gasteiger partial charge is 0.318 e. The van der Waals surface area contributed by atoms with Crippen molar-refractivity contribution in [3.63, 3.8) is 0 Å². The van der Waals surface area contributed by atoms with Gasteiger partial charge in [-0.05, 0) is 17.4 Å². The van der Waals surface area contributed by atoms with Crippen molar-refractivity contribution in [1.29, 1.82) is 0 Å². The van der Waals surface area contributed by atoms with E-state index in [1.165, 1.54) is 0 Å². The summed E-state index contributed by atoms with van der Waals surface area (Å²) in [6.45, 7) is 7.43. The summed E-state index contributed by atoms with van der Waals surface area (Å²) in [4.78, 5) is 35.7. The fraction of sp³-hybridized carbons (Fsp3) is 0.500. The first-order valence-corrected chi connectivity index (χ1v) is 8.13. The second kappa shape index (κ2) is 9.05. The van der Waals surface area contributed by atoms with E-state index in [1.807, 2.05) is 49.5 Å². The first kappa shape index (κ1) is 19.7. The lowest BCUT2D eigenvalue weighted by molar-refractivity contribution is -0.160. The van der Waals surface area contributed by atoms with Gasteiger partial charge < -0.3 is 10.5 Å². The van der Waals surface area contributed by atoms with Gasteiger partial charge in [0, 0.05) is 0 Å². The summed E-state index contributed by atoms with van der Waals surface area (Å²) in [5, 5.41) is 1.97. The average molecular weight is 334 g/mol. The molecule has 6 nitrogen and oxygen atoms in total. The quantitative estimate of drug-likeness (QED) is 0.749. The molecule has 6 heteroatoms. The standard InChI is InChI=1S/C18H26N2O4/c1-5-12(4)14(13-9-7-6-8-10-13)17(22)24-15(11(2)3)16(21)20-18(19)23/h6-12,14-15H,5H2,1-4H3,(H3,19,20,21,23)/t12-,14-,15+/m1/s1. The molecule has 0 aliphatic heterocycles. The zero-order valence-corrected chi connectivity index (χ0v) is 14.6. The Bertz CT molecular complexity index is 572. The number of amides is 3. The molecule has 0 aliphatic carbocycles. The molecule has 1 rings (SSSR count). The van der Waals surface area contributed by atoms with E-state index in [9.17, 15) is 14.4 Å². The highest BCUT2D eigenvalue weighted by Crippen LogP contribution is 2.29. The van der Waals surface area contributed by atoms with Crippen molar-refractivity contribution >= 4 is 17.9 Å². The van der Waals surface area contributed by atoms with E-state index in [-0.39, 0.29) is 11.8 Å². The molecule has 0 unspecified atom stereocenters. The topological polar surface area (TPSA) is 98.5 Å². The van der Waals surface area contributed by atoms with Gasteiger partial charge in [-0.2, -0.15) is 0 Å². The van der Waals surface area contributed by atoms with Crippen LogP contribution in [0.3, 0.4) is 0 Å². The molecule has 0 aromatic heterocycles. The highest BCUT2D eigenvalue weighted by atomic mass is 16.5. The zero-order valence-electron chi connectivity index (χ0n) is 14.6. The Balaban J connectivity index is 3.01. The predicted octanol–water partition coefficient (Wildman–Crippen LogP) is 2.58. The third-order valence-corrected chi connectivity index (χ3v) is 3.98. The molecule has 24 heavy (non-hydrogen) atoms. The van der Waals surface area contributed by atoms with E-state index in [1.54, 1.807) is 13.8 Å². The lowest BCUT2D eigenvalue weighted by Crippen LogP contribution is -2.46. The van der Waals surface area contributed by atoms with Crippen LogP contribution in [0, 0.1) is 11.8 Å². The van der Waals surface area contributed by atoms with Gasteiger partial charge >= 0.3 is 12.0 Å². The summed E-state index contributed by atoms with van der Waals surface area (Å²) in [6.07, 6.45) is -0.283. The number of carbonyl (C=O) groups excluding carboxylic acids is 3. The van der Waals surface area contributed by atoms with Crippen LogP contribution in [0.4, 0.5) is 4.79 Å². The van der Waals surface area contributed by atoms with Crippen molar-refractivity contribution in [3.8, 4) is 0 Å². The number of imide groups is 1. The number of hydrogen-bond donors (Lipinski definition) is 2. The molecular weight excluding hydrogens is 308 g/mol. The summed E-state index contributed by atoms with van der Waals surface area (Å²) >= 11 is 0. The van der Waals surface area contributed by atoms with Crippen LogP contribution < -0.4 is 11.1 Å². The highest BCUT2D eigenvalue weighted by molar-refractivity contribution is 5.97. The summed E-state index contributed by atoms with van der Waals surface area (Å²) in [5.41, 5.74) is 5.81. The molecule has 132 valence electrons. The normalized spacial score (nSPS) is 14.5. The second-order valence-corrected chi connectivity index (χ2v) is 6.23. The van der Waals surface area contributed by atoms with Crippen LogP contribution in [0.5, 0.6) is 0 Å². The Labute approximate surface area is 142 Å². The van der Waals surface area contributed by atoms with Crippen molar-refractivity contribution in [2.45, 2.75) is 46.1 Å². The number of benzene rings is 1. The van der Waals surface area contributed by atoms with E-state index in [0.717, 1.165) is 12.0 Å². The summed E-state index contributed by atoms with van der Waals surface area (Å²) < 4.78 is 5.46. The molecule has 0 radical (unpaired) electrons. The molecule has 1 aromatic rings. The molecule has 0 bridgehead atoms. The number of ether oxygens (including phenoxy) is 1. The van der Waals surface area contributed by atoms with E-state index < -0.39 is 29.9 Å². The highest BCUT2D eigenvalue weighted by Gasteiger charge is 2.33. The van der Waals surface area contributed by atoms with E-state index in [2.05, 4.69) is 0 Å². The number of urea groups is 1. The molecule has 1 aromatic carbocycles. The Kier molecular flexibility index (Phi) is 7.42. The van der Waals surface area contributed by atoms with Crippen LogP contribution in [0.2, 0.25) is 0 Å². The average Bonchev–Trinajstić information content (AvgIpc) is 2.52. The van der Waals surface area contributed by atoms with Crippen molar-refractivity contribution in [2.75, 3.05) is 0 Å². The summed E-state index contributed by atoms with van der Waals surface area (Å²) in [7, 11) is 0.